The van der Waals surface area contributed by atoms with Gasteiger partial charge in [0.1, 0.15) is 5.75 Å². The normalized spacial score (nSPS) is 18.8. The predicted molar refractivity (Wildman–Crippen MR) is 79.8 cm³/mol. The van der Waals surface area contributed by atoms with Crippen LogP contribution in [0.15, 0.2) is 12.1 Å². The van der Waals surface area contributed by atoms with Crippen LogP contribution in [0.3, 0.4) is 0 Å². The minimum atomic E-state index is -0.212. The standard InChI is InChI=1S/C14H17Cl3O2/c1-18-13-7-10(15)9(6-11(13)16)12(17)8-14(19-2)4-3-5-14/h6-7,12H,3-5,8H2,1-2H3. The maximum atomic E-state index is 6.49. The molecule has 0 N–H and O–H groups in total. The van der Waals surface area contributed by atoms with Gasteiger partial charge in [-0.2, -0.15) is 0 Å². The van der Waals surface area contributed by atoms with E-state index in [4.69, 9.17) is 44.3 Å². The zero-order valence-electron chi connectivity index (χ0n) is 11.0. The van der Waals surface area contributed by atoms with Gasteiger partial charge in [-0.3, -0.25) is 0 Å². The Hall–Kier alpha value is -0.150. The molecule has 0 bridgehead atoms. The van der Waals surface area contributed by atoms with Gasteiger partial charge in [-0.05, 0) is 37.3 Å². The van der Waals surface area contributed by atoms with Gasteiger partial charge in [0.15, 0.2) is 0 Å². The van der Waals surface area contributed by atoms with E-state index in [1.807, 2.05) is 0 Å². The van der Waals surface area contributed by atoms with Crippen molar-refractivity contribution in [3.8, 4) is 5.75 Å². The van der Waals surface area contributed by atoms with Crippen LogP contribution in [-0.2, 0) is 4.74 Å². The Morgan fingerprint density at radius 3 is 2.37 bits per heavy atom. The number of benzene rings is 1. The fourth-order valence-corrected chi connectivity index (χ4v) is 3.49. The van der Waals surface area contributed by atoms with Crippen LogP contribution in [0.1, 0.15) is 36.6 Å². The van der Waals surface area contributed by atoms with Crippen molar-refractivity contribution in [1.82, 2.24) is 0 Å². The van der Waals surface area contributed by atoms with Gasteiger partial charge in [0.2, 0.25) is 0 Å². The van der Waals surface area contributed by atoms with E-state index in [0.717, 1.165) is 24.8 Å². The molecule has 1 unspecified atom stereocenters. The molecule has 0 spiro atoms. The maximum absolute atomic E-state index is 6.49. The lowest BCUT2D eigenvalue weighted by molar-refractivity contribution is -0.0780. The largest absolute Gasteiger partial charge is 0.495 e. The van der Waals surface area contributed by atoms with Crippen molar-refractivity contribution in [2.24, 2.45) is 0 Å². The number of hydrogen-bond acceptors (Lipinski definition) is 2. The Labute approximate surface area is 128 Å². The number of ether oxygens (including phenoxy) is 2. The quantitative estimate of drug-likeness (QED) is 0.690. The predicted octanol–water partition coefficient (Wildman–Crippen LogP) is 5.24. The van der Waals surface area contributed by atoms with Crippen molar-refractivity contribution in [3.05, 3.63) is 27.7 Å². The third-order valence-corrected chi connectivity index (χ3v) is 4.87. The molecule has 2 nitrogen and oxygen atoms in total. The first-order chi connectivity index (χ1) is 9.01. The fraction of sp³-hybridized carbons (Fsp3) is 0.571. The highest BCUT2D eigenvalue weighted by Crippen LogP contribution is 2.46. The van der Waals surface area contributed by atoms with E-state index in [-0.39, 0.29) is 11.0 Å². The number of hydrogen-bond donors (Lipinski definition) is 0. The SMILES string of the molecule is COc1cc(Cl)c(C(Cl)CC2(OC)CCC2)cc1Cl. The second-order valence-electron chi connectivity index (χ2n) is 4.92. The van der Waals surface area contributed by atoms with Gasteiger partial charge in [-0.15, -0.1) is 11.6 Å². The highest BCUT2D eigenvalue weighted by molar-refractivity contribution is 6.35. The summed E-state index contributed by atoms with van der Waals surface area (Å²) < 4.78 is 10.7. The van der Waals surface area contributed by atoms with Gasteiger partial charge in [0.25, 0.3) is 0 Å². The van der Waals surface area contributed by atoms with Crippen LogP contribution in [0.5, 0.6) is 5.75 Å². The second kappa shape index (κ2) is 6.09. The summed E-state index contributed by atoms with van der Waals surface area (Å²) in [7, 11) is 3.30. The topological polar surface area (TPSA) is 18.5 Å². The van der Waals surface area contributed by atoms with Crippen LogP contribution in [-0.4, -0.2) is 19.8 Å². The van der Waals surface area contributed by atoms with Crippen molar-refractivity contribution in [2.75, 3.05) is 14.2 Å². The van der Waals surface area contributed by atoms with Crippen molar-refractivity contribution in [3.63, 3.8) is 0 Å². The molecule has 0 aromatic heterocycles. The first kappa shape index (κ1) is 15.2. The van der Waals surface area contributed by atoms with E-state index in [9.17, 15) is 0 Å². The van der Waals surface area contributed by atoms with Crippen LogP contribution in [0.4, 0.5) is 0 Å². The van der Waals surface area contributed by atoms with Gasteiger partial charge in [0.05, 0.1) is 23.1 Å². The molecular weight excluding hydrogens is 307 g/mol. The van der Waals surface area contributed by atoms with E-state index in [1.165, 1.54) is 6.42 Å². The summed E-state index contributed by atoms with van der Waals surface area (Å²) in [6.45, 7) is 0. The monoisotopic (exact) mass is 322 g/mol. The Morgan fingerprint density at radius 2 is 1.89 bits per heavy atom. The molecule has 0 radical (unpaired) electrons. The number of methoxy groups -OCH3 is 2. The zero-order valence-corrected chi connectivity index (χ0v) is 13.3. The third-order valence-electron chi connectivity index (χ3n) is 3.86. The molecule has 1 aromatic rings. The lowest BCUT2D eigenvalue weighted by Crippen LogP contribution is -2.39. The molecule has 5 heteroatoms. The van der Waals surface area contributed by atoms with E-state index in [1.54, 1.807) is 26.4 Å². The zero-order chi connectivity index (χ0) is 14.0. The van der Waals surface area contributed by atoms with Gasteiger partial charge in [0, 0.05) is 18.2 Å². The summed E-state index contributed by atoms with van der Waals surface area (Å²) >= 11 is 18.9. The average molecular weight is 324 g/mol. The number of rotatable bonds is 5. The van der Waals surface area contributed by atoms with Crippen LogP contribution >= 0.6 is 34.8 Å². The van der Waals surface area contributed by atoms with E-state index >= 15 is 0 Å². The highest BCUT2D eigenvalue weighted by Gasteiger charge is 2.39. The molecule has 0 amide bonds. The minimum absolute atomic E-state index is 0.0951. The first-order valence-corrected chi connectivity index (χ1v) is 7.43. The Balaban J connectivity index is 2.19. The lowest BCUT2D eigenvalue weighted by atomic mass is 9.76. The summed E-state index contributed by atoms with van der Waals surface area (Å²) in [6.07, 6.45) is 4.03. The first-order valence-electron chi connectivity index (χ1n) is 6.23. The van der Waals surface area contributed by atoms with Crippen molar-refractivity contribution >= 4 is 34.8 Å². The Bertz CT molecular complexity index is 453. The summed E-state index contributed by atoms with van der Waals surface area (Å²) in [4.78, 5) is 0. The third kappa shape index (κ3) is 3.13. The molecule has 1 atom stereocenters. The molecule has 0 aliphatic heterocycles. The summed E-state index contributed by atoms with van der Waals surface area (Å²) in [6, 6.07) is 3.48. The molecule has 106 valence electrons. The van der Waals surface area contributed by atoms with Crippen LogP contribution in [0, 0.1) is 0 Å². The van der Waals surface area contributed by atoms with E-state index in [0.29, 0.717) is 15.8 Å². The van der Waals surface area contributed by atoms with Crippen LogP contribution < -0.4 is 4.74 Å². The fourth-order valence-electron chi connectivity index (χ4n) is 2.44. The molecular formula is C14H17Cl3O2. The van der Waals surface area contributed by atoms with Crippen molar-refractivity contribution in [2.45, 2.75) is 36.7 Å². The van der Waals surface area contributed by atoms with E-state index < -0.39 is 0 Å². The minimum Gasteiger partial charge on any atom is -0.495 e. The van der Waals surface area contributed by atoms with Gasteiger partial charge >= 0.3 is 0 Å². The highest BCUT2D eigenvalue weighted by atomic mass is 35.5. The number of alkyl halides is 1. The van der Waals surface area contributed by atoms with E-state index in [2.05, 4.69) is 0 Å². The molecule has 1 aliphatic carbocycles. The van der Waals surface area contributed by atoms with Gasteiger partial charge < -0.3 is 9.47 Å². The smallest absolute Gasteiger partial charge is 0.138 e. The molecule has 1 aliphatic rings. The average Bonchev–Trinajstić information content (AvgIpc) is 2.35. The molecule has 0 saturated heterocycles. The van der Waals surface area contributed by atoms with Crippen LogP contribution in [0.25, 0.3) is 0 Å². The summed E-state index contributed by atoms with van der Waals surface area (Å²) in [5, 5.41) is 0.885. The summed E-state index contributed by atoms with van der Waals surface area (Å²) in [5.41, 5.74) is 0.736. The molecule has 0 heterocycles. The van der Waals surface area contributed by atoms with Crippen LogP contribution in [0.2, 0.25) is 10.0 Å². The summed E-state index contributed by atoms with van der Waals surface area (Å²) in [5.74, 6) is 0.560. The van der Waals surface area contributed by atoms with Gasteiger partial charge in [-0.1, -0.05) is 23.2 Å². The van der Waals surface area contributed by atoms with Crippen molar-refractivity contribution < 1.29 is 9.47 Å². The van der Waals surface area contributed by atoms with Crippen molar-refractivity contribution in [1.29, 1.82) is 0 Å². The Morgan fingerprint density at radius 1 is 1.21 bits per heavy atom. The maximum Gasteiger partial charge on any atom is 0.138 e. The molecule has 1 aromatic carbocycles. The Kier molecular flexibility index (Phi) is 4.88. The molecule has 2 rings (SSSR count). The molecule has 1 fully saturated rings. The van der Waals surface area contributed by atoms with Gasteiger partial charge in [-0.25, -0.2) is 0 Å². The molecule has 19 heavy (non-hydrogen) atoms. The second-order valence-corrected chi connectivity index (χ2v) is 6.26. The number of halogens is 3. The molecule has 1 saturated carbocycles. The lowest BCUT2D eigenvalue weighted by Gasteiger charge is -2.42.